The molecular formula is C26H23F2N3O3S. The van der Waals surface area contributed by atoms with Crippen LogP contribution in [-0.4, -0.2) is 31.7 Å². The zero-order valence-corrected chi connectivity index (χ0v) is 19.9. The third-order valence-corrected chi connectivity index (χ3v) is 5.91. The fraction of sp³-hybridized carbons (Fsp3) is 0.154. The van der Waals surface area contributed by atoms with E-state index < -0.39 is 6.61 Å². The third-order valence-electron chi connectivity index (χ3n) is 5.00. The van der Waals surface area contributed by atoms with Gasteiger partial charge in [-0.05, 0) is 53.6 Å². The molecular weight excluding hydrogens is 472 g/mol. The van der Waals surface area contributed by atoms with Crippen molar-refractivity contribution in [3.05, 3.63) is 94.1 Å². The van der Waals surface area contributed by atoms with Crippen molar-refractivity contribution in [1.82, 2.24) is 4.68 Å². The van der Waals surface area contributed by atoms with Crippen molar-refractivity contribution in [3.63, 3.8) is 0 Å². The number of ether oxygens (including phenoxy) is 3. The molecule has 0 N–H and O–H groups in total. The normalized spacial score (nSPS) is 11.9. The van der Waals surface area contributed by atoms with Gasteiger partial charge in [-0.2, -0.15) is 13.9 Å². The molecule has 3 aromatic carbocycles. The predicted octanol–water partition coefficient (Wildman–Crippen LogP) is 5.82. The average Bonchev–Trinajstić information content (AvgIpc) is 3.30. The van der Waals surface area contributed by atoms with Gasteiger partial charge in [-0.15, -0.1) is 11.3 Å². The highest BCUT2D eigenvalue weighted by Gasteiger charge is 2.10. The Morgan fingerprint density at radius 3 is 2.46 bits per heavy atom. The van der Waals surface area contributed by atoms with Crippen LogP contribution in [0.1, 0.15) is 11.1 Å². The number of hydrogen-bond donors (Lipinski definition) is 0. The lowest BCUT2D eigenvalue weighted by atomic mass is 10.2. The lowest BCUT2D eigenvalue weighted by Crippen LogP contribution is -2.11. The van der Waals surface area contributed by atoms with E-state index in [4.69, 9.17) is 9.47 Å². The largest absolute Gasteiger partial charge is 0.493 e. The van der Waals surface area contributed by atoms with Crippen molar-refractivity contribution in [2.24, 2.45) is 10.1 Å². The minimum atomic E-state index is -2.87. The minimum Gasteiger partial charge on any atom is -0.493 e. The summed E-state index contributed by atoms with van der Waals surface area (Å²) in [7, 11) is 3.27. The number of nitrogens with zero attached hydrogens (tertiary/aromatic N) is 3. The first kappa shape index (κ1) is 24.2. The molecule has 0 radical (unpaired) electrons. The second-order valence-corrected chi connectivity index (χ2v) is 8.11. The quantitative estimate of drug-likeness (QED) is 0.275. The zero-order chi connectivity index (χ0) is 24.6. The topological polar surface area (TPSA) is 57.3 Å². The van der Waals surface area contributed by atoms with Crippen LogP contribution in [0.4, 0.5) is 8.78 Å². The van der Waals surface area contributed by atoms with Crippen LogP contribution >= 0.6 is 11.3 Å². The van der Waals surface area contributed by atoms with E-state index in [0.29, 0.717) is 22.9 Å². The molecule has 9 heteroatoms. The van der Waals surface area contributed by atoms with Crippen LogP contribution in [0.2, 0.25) is 0 Å². The van der Waals surface area contributed by atoms with Gasteiger partial charge in [0.15, 0.2) is 11.5 Å². The summed E-state index contributed by atoms with van der Waals surface area (Å²) in [5, 5.41) is 6.52. The van der Waals surface area contributed by atoms with Gasteiger partial charge in [0, 0.05) is 18.0 Å². The lowest BCUT2D eigenvalue weighted by Gasteiger charge is -2.11. The molecule has 6 nitrogen and oxygen atoms in total. The molecule has 0 bridgehead atoms. The summed E-state index contributed by atoms with van der Waals surface area (Å²) < 4.78 is 42.5. The van der Waals surface area contributed by atoms with Crippen LogP contribution in [0.3, 0.4) is 0 Å². The van der Waals surface area contributed by atoms with E-state index in [-0.39, 0.29) is 5.75 Å². The molecule has 0 unspecified atom stereocenters. The summed E-state index contributed by atoms with van der Waals surface area (Å²) in [5.74, 6) is 1.32. The van der Waals surface area contributed by atoms with Crippen LogP contribution in [-0.2, 0) is 6.61 Å². The summed E-state index contributed by atoms with van der Waals surface area (Å²) in [6.45, 7) is -2.43. The molecule has 0 saturated heterocycles. The summed E-state index contributed by atoms with van der Waals surface area (Å²) in [6.07, 6.45) is 1.70. The van der Waals surface area contributed by atoms with Gasteiger partial charge in [-0.3, -0.25) is 4.99 Å². The molecule has 0 atom stereocenters. The van der Waals surface area contributed by atoms with Crippen LogP contribution < -0.4 is 19.0 Å². The van der Waals surface area contributed by atoms with E-state index in [1.165, 1.54) is 23.5 Å². The molecule has 1 heterocycles. The summed E-state index contributed by atoms with van der Waals surface area (Å²) >= 11 is 1.42. The predicted molar refractivity (Wildman–Crippen MR) is 133 cm³/mol. The number of benzene rings is 3. The van der Waals surface area contributed by atoms with Gasteiger partial charge >= 0.3 is 6.61 Å². The fourth-order valence-electron chi connectivity index (χ4n) is 3.31. The number of halogens is 2. The van der Waals surface area contributed by atoms with Crippen molar-refractivity contribution < 1.29 is 23.0 Å². The molecule has 0 aliphatic rings. The molecule has 0 aliphatic carbocycles. The summed E-state index contributed by atoms with van der Waals surface area (Å²) in [4.78, 5) is 4.97. The SMILES string of the molecule is CN=c1scc(-c2ccc(OC(F)F)cc2)n1/N=C/c1ccc(OCc2ccccc2)c(OC)c1. The number of alkyl halides is 2. The average molecular weight is 496 g/mol. The first-order chi connectivity index (χ1) is 17.1. The number of rotatable bonds is 9. The molecule has 0 amide bonds. The first-order valence-electron chi connectivity index (χ1n) is 10.6. The Labute approximate surface area is 205 Å². The highest BCUT2D eigenvalue weighted by molar-refractivity contribution is 7.07. The van der Waals surface area contributed by atoms with Gasteiger partial charge < -0.3 is 14.2 Å². The molecule has 4 rings (SSSR count). The number of thiazole rings is 1. The number of aromatic nitrogens is 1. The number of hydrogen-bond acceptors (Lipinski definition) is 6. The summed E-state index contributed by atoms with van der Waals surface area (Å²) in [6, 6.07) is 21.9. The Morgan fingerprint density at radius 1 is 1.00 bits per heavy atom. The number of methoxy groups -OCH3 is 1. The second-order valence-electron chi connectivity index (χ2n) is 7.27. The standard InChI is InChI=1S/C26H23F2N3O3S/c1-29-26-31(22(17-35-26)20-9-11-21(12-10-20)34-25(27)28)30-15-19-8-13-23(24(14-19)32-2)33-16-18-6-4-3-5-7-18/h3-15,17,25H,16H2,1-2H3/b29-26?,30-15+. The van der Waals surface area contributed by atoms with Gasteiger partial charge in [0.05, 0.1) is 19.0 Å². The fourth-order valence-corrected chi connectivity index (χ4v) is 4.12. The lowest BCUT2D eigenvalue weighted by molar-refractivity contribution is -0.0498. The first-order valence-corrected chi connectivity index (χ1v) is 11.5. The Kier molecular flexibility index (Phi) is 7.89. The minimum absolute atomic E-state index is 0.0936. The molecule has 35 heavy (non-hydrogen) atoms. The third kappa shape index (κ3) is 6.13. The van der Waals surface area contributed by atoms with Crippen LogP contribution in [0.15, 0.2) is 88.3 Å². The van der Waals surface area contributed by atoms with Gasteiger partial charge in [0.2, 0.25) is 4.80 Å². The Morgan fingerprint density at radius 2 is 1.77 bits per heavy atom. The maximum Gasteiger partial charge on any atom is 0.387 e. The Hall–Kier alpha value is -3.98. The van der Waals surface area contributed by atoms with E-state index >= 15 is 0 Å². The molecule has 180 valence electrons. The van der Waals surface area contributed by atoms with E-state index in [1.807, 2.05) is 53.9 Å². The van der Waals surface area contributed by atoms with Crippen molar-refractivity contribution in [1.29, 1.82) is 0 Å². The zero-order valence-electron chi connectivity index (χ0n) is 19.1. The Bertz CT molecular complexity index is 1350. The molecule has 1 aromatic heterocycles. The van der Waals surface area contributed by atoms with Gasteiger partial charge in [0.25, 0.3) is 0 Å². The monoisotopic (exact) mass is 495 g/mol. The highest BCUT2D eigenvalue weighted by atomic mass is 32.1. The molecule has 0 fully saturated rings. The smallest absolute Gasteiger partial charge is 0.387 e. The molecule has 0 spiro atoms. The van der Waals surface area contributed by atoms with Gasteiger partial charge in [-0.25, -0.2) is 4.68 Å². The van der Waals surface area contributed by atoms with E-state index in [2.05, 4.69) is 14.8 Å². The Balaban J connectivity index is 1.56. The summed E-state index contributed by atoms with van der Waals surface area (Å²) in [5.41, 5.74) is 3.43. The van der Waals surface area contributed by atoms with Crippen LogP contribution in [0.5, 0.6) is 17.2 Å². The van der Waals surface area contributed by atoms with Crippen molar-refractivity contribution in [2.45, 2.75) is 13.2 Å². The maximum absolute atomic E-state index is 12.4. The van der Waals surface area contributed by atoms with Crippen molar-refractivity contribution in [3.8, 4) is 28.5 Å². The van der Waals surface area contributed by atoms with E-state index in [9.17, 15) is 8.78 Å². The van der Waals surface area contributed by atoms with Crippen LogP contribution in [0.25, 0.3) is 11.3 Å². The molecule has 0 aliphatic heterocycles. The highest BCUT2D eigenvalue weighted by Crippen LogP contribution is 2.29. The molecule has 4 aromatic rings. The van der Waals surface area contributed by atoms with Crippen LogP contribution in [0, 0.1) is 0 Å². The van der Waals surface area contributed by atoms with Crippen molar-refractivity contribution in [2.75, 3.05) is 14.2 Å². The van der Waals surface area contributed by atoms with Gasteiger partial charge in [0.1, 0.15) is 12.4 Å². The maximum atomic E-state index is 12.4. The second kappa shape index (κ2) is 11.4. The van der Waals surface area contributed by atoms with Crippen molar-refractivity contribution >= 4 is 17.6 Å². The van der Waals surface area contributed by atoms with E-state index in [1.54, 1.807) is 37.2 Å². The van der Waals surface area contributed by atoms with E-state index in [0.717, 1.165) is 22.4 Å². The van der Waals surface area contributed by atoms with Gasteiger partial charge in [-0.1, -0.05) is 30.3 Å². The molecule has 0 saturated carbocycles.